The first-order chi connectivity index (χ1) is 19.2. The van der Waals surface area contributed by atoms with Gasteiger partial charge in [-0.15, -0.1) is 0 Å². The Kier molecular flexibility index (Phi) is 22.7. The lowest BCUT2D eigenvalue weighted by molar-refractivity contribution is -0.973. The van der Waals surface area contributed by atoms with E-state index in [-0.39, 0.29) is 25.8 Å². The molecule has 0 aliphatic heterocycles. The van der Waals surface area contributed by atoms with Crippen molar-refractivity contribution in [3.05, 3.63) is 12.2 Å². The molecule has 7 nitrogen and oxygen atoms in total. The van der Waals surface area contributed by atoms with Gasteiger partial charge in [0.05, 0.1) is 6.54 Å². The molecule has 0 aromatic carbocycles. The Balaban J connectivity index is 4.47. The fraction of sp³-hybridized carbons (Fsp3) is 0.848. The summed E-state index contributed by atoms with van der Waals surface area (Å²) in [4.78, 5) is 36.8. The Morgan fingerprint density at radius 1 is 0.500 bits per heavy atom. The Morgan fingerprint density at radius 3 is 1.07 bits per heavy atom. The van der Waals surface area contributed by atoms with Crippen LogP contribution in [0.3, 0.4) is 0 Å². The molecule has 0 aromatic heterocycles. The van der Waals surface area contributed by atoms with Crippen LogP contribution in [0.1, 0.15) is 156 Å². The van der Waals surface area contributed by atoms with E-state index < -0.39 is 40.5 Å². The topological polar surface area (TPSA) is 112 Å². The maximum Gasteiger partial charge on any atom is 0.362 e. The van der Waals surface area contributed by atoms with Crippen molar-refractivity contribution < 1.29 is 34.2 Å². The Labute approximate surface area is 245 Å². The minimum atomic E-state index is -1.11. The molecule has 0 bridgehead atoms. The molecule has 7 heteroatoms. The molecule has 0 aliphatic carbocycles. The monoisotopic (exact) mass is 568 g/mol. The number of allylic oxidation sites excluding steroid dienone is 2. The normalized spacial score (nSPS) is 15.5. The summed E-state index contributed by atoms with van der Waals surface area (Å²) in [5.74, 6) is -3.34. The summed E-state index contributed by atoms with van der Waals surface area (Å²) in [6.45, 7) is 7.57. The maximum absolute atomic E-state index is 12.3. The number of aliphatic carboxylic acids is 3. The predicted octanol–water partition coefficient (Wildman–Crippen LogP) is 8.60. The molecule has 3 atom stereocenters. The molecule has 0 heterocycles. The first kappa shape index (κ1) is 38.1. The zero-order valence-corrected chi connectivity index (χ0v) is 26.2. The molecule has 0 aliphatic rings. The van der Waals surface area contributed by atoms with E-state index >= 15 is 0 Å². The molecule has 0 radical (unpaired) electrons. The molecule has 0 fully saturated rings. The fourth-order valence-corrected chi connectivity index (χ4v) is 6.51. The minimum absolute atomic E-state index is 0.194. The van der Waals surface area contributed by atoms with Gasteiger partial charge in [-0.05, 0) is 32.1 Å². The Morgan fingerprint density at radius 2 is 0.800 bits per heavy atom. The molecule has 3 unspecified atom stereocenters. The van der Waals surface area contributed by atoms with Gasteiger partial charge in [-0.2, -0.15) is 0 Å². The molecule has 40 heavy (non-hydrogen) atoms. The molecule has 0 aromatic rings. The molecule has 0 rings (SSSR count). The summed E-state index contributed by atoms with van der Waals surface area (Å²) in [5.41, 5.74) is 0. The van der Waals surface area contributed by atoms with Gasteiger partial charge in [-0.1, -0.05) is 117 Å². The van der Waals surface area contributed by atoms with Crippen LogP contribution in [0.4, 0.5) is 0 Å². The van der Waals surface area contributed by atoms with Crippen molar-refractivity contribution in [2.24, 2.45) is 0 Å². The zero-order chi connectivity index (χ0) is 30.2. The Bertz CT molecular complexity index is 652. The first-order valence-corrected chi connectivity index (χ1v) is 16.4. The molecular formula is C33H62NO6+. The number of carboxylic acid groups (broad SMARTS) is 3. The van der Waals surface area contributed by atoms with Crippen LogP contribution in [0.15, 0.2) is 12.2 Å². The van der Waals surface area contributed by atoms with E-state index in [9.17, 15) is 29.7 Å². The third kappa shape index (κ3) is 14.1. The third-order valence-electron chi connectivity index (χ3n) is 8.57. The number of unbranched alkanes of at least 4 members (excludes halogenated alkanes) is 15. The summed E-state index contributed by atoms with van der Waals surface area (Å²) in [6.07, 6.45) is 25.5. The standard InChI is InChI=1S/C33H61NO6/c1-5-9-10-11-12-13-14-15-16-17-18-19-20-21-22-23-24-25-26-27-34(28(6-2)31(35)36,29(7-3)32(37)38)30(8-4)33(39)40/h9-10,28-30H,5-8,11-27H2,1-4H3,(H2-,35,36,37,38,39,40)/p+1/b10-9+. The number of carbonyl (C=O) groups is 3. The highest BCUT2D eigenvalue weighted by Crippen LogP contribution is 2.32. The summed E-state index contributed by atoms with van der Waals surface area (Å²) in [6, 6.07) is -3.18. The van der Waals surface area contributed by atoms with Gasteiger partial charge < -0.3 is 15.3 Å². The van der Waals surface area contributed by atoms with Gasteiger partial charge in [0.15, 0.2) is 18.1 Å². The number of hydrogen-bond donors (Lipinski definition) is 3. The lowest BCUT2D eigenvalue weighted by atomic mass is 9.93. The number of rotatable bonds is 28. The quantitative estimate of drug-likeness (QED) is 0.0495. The van der Waals surface area contributed by atoms with Crippen LogP contribution in [0.5, 0.6) is 0 Å². The molecule has 0 saturated heterocycles. The van der Waals surface area contributed by atoms with Crippen molar-refractivity contribution in [3.8, 4) is 0 Å². The highest BCUT2D eigenvalue weighted by Gasteiger charge is 2.55. The molecule has 0 spiro atoms. The largest absolute Gasteiger partial charge is 0.477 e. The van der Waals surface area contributed by atoms with E-state index in [1.165, 1.54) is 77.0 Å². The molecular weight excluding hydrogens is 506 g/mol. The van der Waals surface area contributed by atoms with Crippen LogP contribution in [-0.4, -0.2) is 62.4 Å². The average Bonchev–Trinajstić information content (AvgIpc) is 2.90. The lowest BCUT2D eigenvalue weighted by Crippen LogP contribution is -2.72. The van der Waals surface area contributed by atoms with E-state index in [0.717, 1.165) is 25.7 Å². The highest BCUT2D eigenvalue weighted by molar-refractivity contribution is 5.78. The van der Waals surface area contributed by atoms with Gasteiger partial charge in [-0.25, -0.2) is 14.4 Å². The second kappa shape index (κ2) is 23.8. The highest BCUT2D eigenvalue weighted by atomic mass is 16.4. The van der Waals surface area contributed by atoms with Crippen molar-refractivity contribution in [2.45, 2.75) is 174 Å². The van der Waals surface area contributed by atoms with Crippen molar-refractivity contribution in [3.63, 3.8) is 0 Å². The SMILES string of the molecule is CC/C=C/CCCCCCCCCCCCCCCCC[N+](C(CC)C(=O)O)(C(CC)C(=O)O)C(CC)C(=O)O. The molecule has 0 amide bonds. The number of nitrogens with zero attached hydrogens (tertiary/aromatic N) is 1. The number of hydrogen-bond acceptors (Lipinski definition) is 3. The van der Waals surface area contributed by atoms with Crippen molar-refractivity contribution in [2.75, 3.05) is 6.54 Å². The average molecular weight is 569 g/mol. The minimum Gasteiger partial charge on any atom is -0.477 e. The van der Waals surface area contributed by atoms with Gasteiger partial charge >= 0.3 is 17.9 Å². The van der Waals surface area contributed by atoms with E-state index in [0.29, 0.717) is 6.42 Å². The van der Waals surface area contributed by atoms with Crippen LogP contribution < -0.4 is 0 Å². The predicted molar refractivity (Wildman–Crippen MR) is 164 cm³/mol. The lowest BCUT2D eigenvalue weighted by Gasteiger charge is -2.49. The van der Waals surface area contributed by atoms with Crippen LogP contribution >= 0.6 is 0 Å². The van der Waals surface area contributed by atoms with E-state index in [2.05, 4.69) is 19.1 Å². The second-order valence-electron chi connectivity index (χ2n) is 11.5. The van der Waals surface area contributed by atoms with E-state index in [1.807, 2.05) is 0 Å². The fourth-order valence-electron chi connectivity index (χ4n) is 6.51. The van der Waals surface area contributed by atoms with Crippen LogP contribution in [0, 0.1) is 0 Å². The van der Waals surface area contributed by atoms with Crippen LogP contribution in [0.25, 0.3) is 0 Å². The maximum atomic E-state index is 12.3. The summed E-state index contributed by atoms with van der Waals surface area (Å²) in [7, 11) is 0. The zero-order valence-electron chi connectivity index (χ0n) is 26.2. The van der Waals surface area contributed by atoms with Gasteiger partial charge in [0.1, 0.15) is 0 Å². The number of quaternary nitrogens is 1. The van der Waals surface area contributed by atoms with Crippen molar-refractivity contribution >= 4 is 17.9 Å². The van der Waals surface area contributed by atoms with Gasteiger partial charge in [0.25, 0.3) is 0 Å². The van der Waals surface area contributed by atoms with Gasteiger partial charge in [0.2, 0.25) is 0 Å². The molecule has 0 saturated carbocycles. The molecule has 3 N–H and O–H groups in total. The summed E-state index contributed by atoms with van der Waals surface area (Å²) >= 11 is 0. The van der Waals surface area contributed by atoms with E-state index in [4.69, 9.17) is 0 Å². The second-order valence-corrected chi connectivity index (χ2v) is 11.5. The van der Waals surface area contributed by atoms with Crippen LogP contribution in [-0.2, 0) is 14.4 Å². The smallest absolute Gasteiger partial charge is 0.362 e. The van der Waals surface area contributed by atoms with E-state index in [1.54, 1.807) is 20.8 Å². The third-order valence-corrected chi connectivity index (χ3v) is 8.57. The summed E-state index contributed by atoms with van der Waals surface area (Å²) in [5, 5.41) is 30.0. The van der Waals surface area contributed by atoms with Crippen molar-refractivity contribution in [1.82, 2.24) is 0 Å². The van der Waals surface area contributed by atoms with Gasteiger partial charge in [-0.3, -0.25) is 4.48 Å². The van der Waals surface area contributed by atoms with Crippen LogP contribution in [0.2, 0.25) is 0 Å². The van der Waals surface area contributed by atoms with Gasteiger partial charge in [0, 0.05) is 19.3 Å². The number of carboxylic acids is 3. The Hall–Kier alpha value is -1.89. The van der Waals surface area contributed by atoms with Crippen molar-refractivity contribution in [1.29, 1.82) is 0 Å². The molecule has 234 valence electrons. The first-order valence-electron chi connectivity index (χ1n) is 16.4. The summed E-state index contributed by atoms with van der Waals surface area (Å²) < 4.78 is -0.403.